The predicted molar refractivity (Wildman–Crippen MR) is 88.1 cm³/mol. The van der Waals surface area contributed by atoms with E-state index in [2.05, 4.69) is 20.8 Å². The van der Waals surface area contributed by atoms with Crippen molar-refractivity contribution in [3.63, 3.8) is 0 Å². The lowest BCUT2D eigenvalue weighted by Gasteiger charge is -2.22. The molecule has 1 amide bonds. The molecule has 2 N–H and O–H groups in total. The van der Waals surface area contributed by atoms with Crippen molar-refractivity contribution >= 4 is 23.1 Å². The van der Waals surface area contributed by atoms with Crippen molar-refractivity contribution in [3.05, 3.63) is 35.4 Å². The summed E-state index contributed by atoms with van der Waals surface area (Å²) in [5.74, 6) is 0.0151. The summed E-state index contributed by atoms with van der Waals surface area (Å²) in [5, 5.41) is 0. The molecule has 0 radical (unpaired) electrons. The zero-order chi connectivity index (χ0) is 15.5. The van der Waals surface area contributed by atoms with Gasteiger partial charge in [-0.25, -0.2) is 0 Å². The standard InChI is InChI=1S/C16H24N2OS/c1-11(14(17)20)10-18(5)15(19)12-6-8-13(9-7-12)16(2,3)4/h6-9,11H,10H2,1-5H3,(H2,17,20). The summed E-state index contributed by atoms with van der Waals surface area (Å²) >= 11 is 4.94. The summed E-state index contributed by atoms with van der Waals surface area (Å²) in [6.07, 6.45) is 0. The number of benzene rings is 1. The molecule has 20 heavy (non-hydrogen) atoms. The van der Waals surface area contributed by atoms with Crippen LogP contribution in [0.5, 0.6) is 0 Å². The summed E-state index contributed by atoms with van der Waals surface area (Å²) in [6.45, 7) is 8.92. The quantitative estimate of drug-likeness (QED) is 0.868. The van der Waals surface area contributed by atoms with Crippen molar-refractivity contribution in [1.29, 1.82) is 0 Å². The van der Waals surface area contributed by atoms with E-state index in [0.717, 1.165) is 0 Å². The number of nitrogens with two attached hydrogens (primary N) is 1. The number of rotatable bonds is 4. The zero-order valence-electron chi connectivity index (χ0n) is 12.9. The Bertz CT molecular complexity index is 488. The van der Waals surface area contributed by atoms with Gasteiger partial charge in [0, 0.05) is 25.1 Å². The van der Waals surface area contributed by atoms with E-state index in [-0.39, 0.29) is 17.2 Å². The maximum atomic E-state index is 12.3. The van der Waals surface area contributed by atoms with E-state index in [0.29, 0.717) is 17.1 Å². The number of amides is 1. The third-order valence-electron chi connectivity index (χ3n) is 3.38. The molecule has 0 heterocycles. The molecule has 0 spiro atoms. The molecule has 1 aromatic rings. The summed E-state index contributed by atoms with van der Waals surface area (Å²) < 4.78 is 0. The normalized spacial score (nSPS) is 12.8. The second-order valence-electron chi connectivity index (χ2n) is 6.32. The lowest BCUT2D eigenvalue weighted by atomic mass is 9.86. The Labute approximate surface area is 127 Å². The Morgan fingerprint density at radius 2 is 1.80 bits per heavy atom. The second kappa shape index (κ2) is 6.35. The third kappa shape index (κ3) is 4.30. The molecule has 1 rings (SSSR count). The van der Waals surface area contributed by atoms with Crippen LogP contribution < -0.4 is 5.73 Å². The number of carbonyl (C=O) groups is 1. The number of nitrogens with zero attached hydrogens (tertiary/aromatic N) is 1. The highest BCUT2D eigenvalue weighted by Crippen LogP contribution is 2.22. The zero-order valence-corrected chi connectivity index (χ0v) is 13.8. The van der Waals surface area contributed by atoms with E-state index in [1.54, 1.807) is 11.9 Å². The highest BCUT2D eigenvalue weighted by Gasteiger charge is 2.17. The molecule has 0 aromatic heterocycles. The van der Waals surface area contributed by atoms with Crippen LogP contribution in [0.2, 0.25) is 0 Å². The van der Waals surface area contributed by atoms with Crippen LogP contribution >= 0.6 is 12.2 Å². The largest absolute Gasteiger partial charge is 0.393 e. The van der Waals surface area contributed by atoms with Crippen LogP contribution in [0, 0.1) is 5.92 Å². The molecule has 4 heteroatoms. The van der Waals surface area contributed by atoms with Gasteiger partial charge in [-0.15, -0.1) is 0 Å². The fourth-order valence-electron chi connectivity index (χ4n) is 1.92. The molecule has 0 aliphatic heterocycles. The second-order valence-corrected chi connectivity index (χ2v) is 6.79. The van der Waals surface area contributed by atoms with Gasteiger partial charge in [0.1, 0.15) is 0 Å². The van der Waals surface area contributed by atoms with E-state index in [1.807, 2.05) is 31.2 Å². The molecule has 0 bridgehead atoms. The van der Waals surface area contributed by atoms with E-state index < -0.39 is 0 Å². The lowest BCUT2D eigenvalue weighted by molar-refractivity contribution is 0.0787. The smallest absolute Gasteiger partial charge is 0.253 e. The van der Waals surface area contributed by atoms with Gasteiger partial charge in [0.2, 0.25) is 0 Å². The van der Waals surface area contributed by atoms with Crippen LogP contribution in [-0.4, -0.2) is 29.4 Å². The summed E-state index contributed by atoms with van der Waals surface area (Å²) in [4.78, 5) is 14.4. The van der Waals surface area contributed by atoms with E-state index in [4.69, 9.17) is 18.0 Å². The number of thiocarbonyl (C=S) groups is 1. The Balaban J connectivity index is 2.80. The molecule has 0 saturated carbocycles. The van der Waals surface area contributed by atoms with Crippen molar-refractivity contribution in [3.8, 4) is 0 Å². The summed E-state index contributed by atoms with van der Waals surface area (Å²) in [7, 11) is 1.77. The fraction of sp³-hybridized carbons (Fsp3) is 0.500. The Morgan fingerprint density at radius 1 is 1.30 bits per heavy atom. The van der Waals surface area contributed by atoms with Gasteiger partial charge in [-0.1, -0.05) is 52.0 Å². The monoisotopic (exact) mass is 292 g/mol. The Morgan fingerprint density at radius 3 is 2.20 bits per heavy atom. The molecule has 0 aliphatic rings. The summed E-state index contributed by atoms with van der Waals surface area (Å²) in [6, 6.07) is 7.78. The molecular weight excluding hydrogens is 268 g/mol. The van der Waals surface area contributed by atoms with Gasteiger partial charge in [0.05, 0.1) is 4.99 Å². The highest BCUT2D eigenvalue weighted by molar-refractivity contribution is 7.80. The van der Waals surface area contributed by atoms with Crippen LogP contribution in [-0.2, 0) is 5.41 Å². The molecule has 3 nitrogen and oxygen atoms in total. The molecule has 0 saturated heterocycles. The van der Waals surface area contributed by atoms with Gasteiger partial charge < -0.3 is 10.6 Å². The average molecular weight is 292 g/mol. The minimum absolute atomic E-state index is 0.00596. The topological polar surface area (TPSA) is 46.3 Å². The van der Waals surface area contributed by atoms with Crippen molar-refractivity contribution in [2.24, 2.45) is 11.7 Å². The molecule has 110 valence electrons. The van der Waals surface area contributed by atoms with Gasteiger partial charge in [-0.05, 0) is 23.1 Å². The number of hydrogen-bond donors (Lipinski definition) is 1. The minimum atomic E-state index is -0.00596. The SMILES string of the molecule is CC(CN(C)C(=O)c1ccc(C(C)(C)C)cc1)C(N)=S. The van der Waals surface area contributed by atoms with Crippen LogP contribution in [0.3, 0.4) is 0 Å². The van der Waals surface area contributed by atoms with Crippen molar-refractivity contribution in [2.45, 2.75) is 33.1 Å². The van der Waals surface area contributed by atoms with Crippen LogP contribution in [0.15, 0.2) is 24.3 Å². The van der Waals surface area contributed by atoms with E-state index in [1.165, 1.54) is 5.56 Å². The van der Waals surface area contributed by atoms with E-state index in [9.17, 15) is 4.79 Å². The van der Waals surface area contributed by atoms with Crippen LogP contribution in [0.1, 0.15) is 43.6 Å². The average Bonchev–Trinajstić information content (AvgIpc) is 2.36. The Kier molecular flexibility index (Phi) is 5.28. The van der Waals surface area contributed by atoms with Crippen molar-refractivity contribution in [2.75, 3.05) is 13.6 Å². The van der Waals surface area contributed by atoms with Gasteiger partial charge >= 0.3 is 0 Å². The van der Waals surface area contributed by atoms with Gasteiger partial charge in [-0.2, -0.15) is 0 Å². The first-order chi connectivity index (χ1) is 9.12. The molecular formula is C16H24N2OS. The molecule has 0 fully saturated rings. The minimum Gasteiger partial charge on any atom is -0.393 e. The maximum absolute atomic E-state index is 12.3. The van der Waals surface area contributed by atoms with Gasteiger partial charge in [-0.3, -0.25) is 4.79 Å². The van der Waals surface area contributed by atoms with Crippen molar-refractivity contribution in [1.82, 2.24) is 4.90 Å². The lowest BCUT2D eigenvalue weighted by Crippen LogP contribution is -2.35. The maximum Gasteiger partial charge on any atom is 0.253 e. The first-order valence-corrected chi connectivity index (χ1v) is 7.19. The Hall–Kier alpha value is -1.42. The summed E-state index contributed by atoms with van der Waals surface area (Å²) in [5.41, 5.74) is 7.58. The van der Waals surface area contributed by atoms with Crippen LogP contribution in [0.25, 0.3) is 0 Å². The third-order valence-corrected chi connectivity index (χ3v) is 3.78. The first-order valence-electron chi connectivity index (χ1n) is 6.78. The molecule has 1 atom stereocenters. The molecule has 0 aliphatic carbocycles. The van der Waals surface area contributed by atoms with Gasteiger partial charge in [0.15, 0.2) is 0 Å². The first kappa shape index (κ1) is 16.6. The van der Waals surface area contributed by atoms with E-state index >= 15 is 0 Å². The number of carbonyl (C=O) groups excluding carboxylic acids is 1. The fourth-order valence-corrected chi connectivity index (χ4v) is 1.99. The number of hydrogen-bond acceptors (Lipinski definition) is 2. The molecule has 1 aromatic carbocycles. The van der Waals surface area contributed by atoms with Gasteiger partial charge in [0.25, 0.3) is 5.91 Å². The van der Waals surface area contributed by atoms with Crippen molar-refractivity contribution < 1.29 is 4.79 Å². The molecule has 1 unspecified atom stereocenters. The predicted octanol–water partition coefficient (Wildman–Crippen LogP) is 2.98. The van der Waals surface area contributed by atoms with Crippen LogP contribution in [0.4, 0.5) is 0 Å². The highest BCUT2D eigenvalue weighted by atomic mass is 32.1.